The first-order chi connectivity index (χ1) is 11.1. The van der Waals surface area contributed by atoms with Gasteiger partial charge in [-0.05, 0) is 50.2 Å². The maximum atomic E-state index is 13.2. The van der Waals surface area contributed by atoms with Gasteiger partial charge in [-0.1, -0.05) is 15.9 Å². The highest BCUT2D eigenvalue weighted by Crippen LogP contribution is 2.28. The molecule has 8 heteroatoms. The maximum absolute atomic E-state index is 13.2. The van der Waals surface area contributed by atoms with Gasteiger partial charge in [-0.2, -0.15) is 0 Å². The minimum Gasteiger partial charge on any atom is -0.325 e. The summed E-state index contributed by atoms with van der Waals surface area (Å²) in [7, 11) is -3.99. The van der Waals surface area contributed by atoms with E-state index in [0.717, 1.165) is 18.2 Å². The molecule has 0 heterocycles. The fourth-order valence-corrected chi connectivity index (χ4v) is 3.53. The third-order valence-electron chi connectivity index (χ3n) is 3.52. The van der Waals surface area contributed by atoms with E-state index in [1.54, 1.807) is 12.1 Å². The van der Waals surface area contributed by atoms with Crippen LogP contribution in [0.5, 0.6) is 0 Å². The molecule has 0 aliphatic heterocycles. The Hall–Kier alpha value is -1.80. The topological polar surface area (TPSA) is 63.2 Å². The van der Waals surface area contributed by atoms with E-state index < -0.39 is 32.1 Å². The fraction of sp³-hybridized carbons (Fsp3) is 0.188. The molecule has 0 saturated carbocycles. The van der Waals surface area contributed by atoms with Gasteiger partial charge in [0.25, 0.3) is 0 Å². The molecule has 2 aromatic carbocycles. The van der Waals surface area contributed by atoms with Crippen LogP contribution in [-0.4, -0.2) is 19.1 Å². The number of halogens is 3. The molecule has 1 N–H and O–H groups in total. The van der Waals surface area contributed by atoms with Crippen LogP contribution < -0.4 is 5.32 Å². The molecular formula is C16H14BrF2NO3S. The summed E-state index contributed by atoms with van der Waals surface area (Å²) in [6, 6.07) is 8.65. The first-order valence-corrected chi connectivity index (χ1v) is 9.10. The number of carbonyl (C=O) groups excluding carboxylic acids is 1. The fourth-order valence-electron chi connectivity index (χ4n) is 1.89. The van der Waals surface area contributed by atoms with Crippen LogP contribution in [0.25, 0.3) is 0 Å². The number of rotatable bonds is 4. The lowest BCUT2D eigenvalue weighted by Gasteiger charge is -2.24. The average molecular weight is 418 g/mol. The highest BCUT2D eigenvalue weighted by Gasteiger charge is 2.42. The Morgan fingerprint density at radius 3 is 2.17 bits per heavy atom. The largest absolute Gasteiger partial charge is 0.325 e. The van der Waals surface area contributed by atoms with Crippen LogP contribution in [0.15, 0.2) is 51.8 Å². The summed E-state index contributed by atoms with van der Waals surface area (Å²) in [6.07, 6.45) is 0. The number of nitrogens with one attached hydrogen (secondary N) is 1. The molecule has 0 atom stereocenters. The van der Waals surface area contributed by atoms with Crippen molar-refractivity contribution in [2.75, 3.05) is 5.32 Å². The van der Waals surface area contributed by atoms with E-state index in [1.165, 1.54) is 26.0 Å². The molecule has 0 fully saturated rings. The van der Waals surface area contributed by atoms with Gasteiger partial charge in [0.1, 0.15) is 4.75 Å². The summed E-state index contributed by atoms with van der Waals surface area (Å²) in [5.41, 5.74) is -0.0296. The number of hydrogen-bond donors (Lipinski definition) is 1. The van der Waals surface area contributed by atoms with E-state index in [9.17, 15) is 22.0 Å². The first kappa shape index (κ1) is 18.5. The second-order valence-corrected chi connectivity index (χ2v) is 8.97. The quantitative estimate of drug-likeness (QED) is 0.819. The third-order valence-corrected chi connectivity index (χ3v) is 6.47. The first-order valence-electron chi connectivity index (χ1n) is 6.82. The predicted molar refractivity (Wildman–Crippen MR) is 90.4 cm³/mol. The smallest absolute Gasteiger partial charge is 0.245 e. The van der Waals surface area contributed by atoms with Crippen molar-refractivity contribution in [3.8, 4) is 0 Å². The van der Waals surface area contributed by atoms with Crippen molar-refractivity contribution >= 4 is 37.4 Å². The molecule has 0 unspecified atom stereocenters. The zero-order chi connectivity index (χ0) is 18.1. The minimum atomic E-state index is -3.99. The molecule has 0 bridgehead atoms. The van der Waals surface area contributed by atoms with Gasteiger partial charge in [0, 0.05) is 16.2 Å². The molecule has 24 heavy (non-hydrogen) atoms. The molecule has 128 valence electrons. The molecule has 2 rings (SSSR count). The Morgan fingerprint density at radius 1 is 1.04 bits per heavy atom. The highest BCUT2D eigenvalue weighted by atomic mass is 79.9. The SMILES string of the molecule is CC(C)(C(=O)Nc1ccc(F)c(F)c1)S(=O)(=O)c1ccc(Br)cc1. The molecule has 0 aliphatic carbocycles. The van der Waals surface area contributed by atoms with Gasteiger partial charge in [0.05, 0.1) is 4.90 Å². The number of benzene rings is 2. The number of amides is 1. The number of anilines is 1. The van der Waals surface area contributed by atoms with E-state index in [4.69, 9.17) is 0 Å². The normalized spacial score (nSPS) is 12.0. The Balaban J connectivity index is 2.32. The lowest BCUT2D eigenvalue weighted by molar-refractivity contribution is -0.117. The van der Waals surface area contributed by atoms with Crippen molar-refractivity contribution in [3.05, 3.63) is 58.6 Å². The van der Waals surface area contributed by atoms with Crippen LogP contribution >= 0.6 is 15.9 Å². The van der Waals surface area contributed by atoms with E-state index in [1.807, 2.05) is 0 Å². The van der Waals surface area contributed by atoms with E-state index in [-0.39, 0.29) is 10.6 Å². The van der Waals surface area contributed by atoms with Crippen molar-refractivity contribution < 1.29 is 22.0 Å². The second-order valence-electron chi connectivity index (χ2n) is 5.55. The summed E-state index contributed by atoms with van der Waals surface area (Å²) in [6.45, 7) is 2.50. The lowest BCUT2D eigenvalue weighted by atomic mass is 10.2. The van der Waals surface area contributed by atoms with Crippen LogP contribution in [0.3, 0.4) is 0 Å². The third kappa shape index (κ3) is 3.49. The van der Waals surface area contributed by atoms with E-state index >= 15 is 0 Å². The standard InChI is InChI=1S/C16H14BrF2NO3S/c1-16(2,24(22,23)12-6-3-10(17)4-7-12)15(21)20-11-5-8-13(18)14(19)9-11/h3-9H,1-2H3,(H,20,21). The second kappa shape index (κ2) is 6.60. The highest BCUT2D eigenvalue weighted by molar-refractivity contribution is 9.10. The van der Waals surface area contributed by atoms with Gasteiger partial charge in [-0.3, -0.25) is 4.79 Å². The molecule has 0 saturated heterocycles. The van der Waals surface area contributed by atoms with E-state index in [0.29, 0.717) is 4.47 Å². The Kier molecular flexibility index (Phi) is 5.10. The van der Waals surface area contributed by atoms with Gasteiger partial charge in [0.2, 0.25) is 5.91 Å². The Morgan fingerprint density at radius 2 is 1.62 bits per heavy atom. The van der Waals surface area contributed by atoms with Crippen LogP contribution in [0.2, 0.25) is 0 Å². The van der Waals surface area contributed by atoms with Crippen molar-refractivity contribution in [2.45, 2.75) is 23.5 Å². The zero-order valence-electron chi connectivity index (χ0n) is 12.8. The van der Waals surface area contributed by atoms with Crippen LogP contribution in [0.4, 0.5) is 14.5 Å². The average Bonchev–Trinajstić information content (AvgIpc) is 2.51. The van der Waals surface area contributed by atoms with Gasteiger partial charge in [0.15, 0.2) is 21.5 Å². The number of sulfone groups is 1. The summed E-state index contributed by atoms with van der Waals surface area (Å²) < 4.78 is 50.4. The summed E-state index contributed by atoms with van der Waals surface area (Å²) in [5.74, 6) is -3.05. The monoisotopic (exact) mass is 417 g/mol. The number of carbonyl (C=O) groups is 1. The van der Waals surface area contributed by atoms with Crippen LogP contribution in [0, 0.1) is 11.6 Å². The maximum Gasteiger partial charge on any atom is 0.245 e. The summed E-state index contributed by atoms with van der Waals surface area (Å²) >= 11 is 3.21. The van der Waals surface area contributed by atoms with Crippen LogP contribution in [0.1, 0.15) is 13.8 Å². The zero-order valence-corrected chi connectivity index (χ0v) is 15.2. The van der Waals surface area contributed by atoms with Gasteiger partial charge in [-0.15, -0.1) is 0 Å². The van der Waals surface area contributed by atoms with Crippen molar-refractivity contribution in [1.82, 2.24) is 0 Å². The van der Waals surface area contributed by atoms with Gasteiger partial charge < -0.3 is 5.32 Å². The molecule has 1 amide bonds. The predicted octanol–water partition coefficient (Wildman–Crippen LogP) is 3.92. The van der Waals surface area contributed by atoms with Crippen molar-refractivity contribution in [3.63, 3.8) is 0 Å². The summed E-state index contributed by atoms with van der Waals surface area (Å²) in [5, 5.41) is 2.30. The number of hydrogen-bond acceptors (Lipinski definition) is 3. The molecule has 0 aromatic heterocycles. The van der Waals surface area contributed by atoms with E-state index in [2.05, 4.69) is 21.2 Å². The Bertz CT molecular complexity index is 881. The van der Waals surface area contributed by atoms with Crippen molar-refractivity contribution in [2.24, 2.45) is 0 Å². The van der Waals surface area contributed by atoms with Gasteiger partial charge >= 0.3 is 0 Å². The van der Waals surface area contributed by atoms with Gasteiger partial charge in [-0.25, -0.2) is 17.2 Å². The molecule has 0 spiro atoms. The molecule has 2 aromatic rings. The summed E-state index contributed by atoms with van der Waals surface area (Å²) in [4.78, 5) is 12.4. The van der Waals surface area contributed by atoms with Crippen LogP contribution in [-0.2, 0) is 14.6 Å². The Labute approximate surface area is 146 Å². The van der Waals surface area contributed by atoms with Crippen molar-refractivity contribution in [1.29, 1.82) is 0 Å². The lowest BCUT2D eigenvalue weighted by Crippen LogP contribution is -2.44. The molecule has 0 aliphatic rings. The molecular weight excluding hydrogens is 404 g/mol. The minimum absolute atomic E-state index is 0.0175. The molecule has 4 nitrogen and oxygen atoms in total. The molecule has 0 radical (unpaired) electrons.